The molecule has 7 nitrogen and oxygen atoms in total. The van der Waals surface area contributed by atoms with Crippen molar-refractivity contribution in [2.24, 2.45) is 0 Å². The van der Waals surface area contributed by atoms with E-state index in [-0.39, 0.29) is 5.91 Å². The number of anilines is 1. The van der Waals surface area contributed by atoms with E-state index in [4.69, 9.17) is 28.6 Å². The Hall–Kier alpha value is -2.49. The summed E-state index contributed by atoms with van der Waals surface area (Å²) in [4.78, 5) is 17.9. The molecule has 2 heterocycles. The fourth-order valence-corrected chi connectivity index (χ4v) is 3.81. The summed E-state index contributed by atoms with van der Waals surface area (Å²) in [6.45, 7) is 6.10. The summed E-state index contributed by atoms with van der Waals surface area (Å²) in [5.74, 6) is 0.715. The van der Waals surface area contributed by atoms with Gasteiger partial charge in [-0.15, -0.1) is 6.58 Å². The molecule has 0 radical (unpaired) electrons. The molecule has 3 aromatic rings. The fraction of sp³-hybridized carbons (Fsp3) is 0.176. The van der Waals surface area contributed by atoms with E-state index in [1.165, 1.54) is 18.4 Å². The summed E-state index contributed by atoms with van der Waals surface area (Å²) >= 11 is 12.6. The molecule has 27 heavy (non-hydrogen) atoms. The molecule has 0 unspecified atom stereocenters. The van der Waals surface area contributed by atoms with Crippen LogP contribution in [0, 0.1) is 11.7 Å². The second-order valence-corrected chi connectivity index (χ2v) is 7.31. The highest BCUT2D eigenvalue weighted by atomic mass is 35.5. The number of methoxy groups -OCH3 is 1. The molecular weight excluding hydrogens is 406 g/mol. The molecule has 0 aliphatic heterocycles. The quantitative estimate of drug-likeness (QED) is 0.453. The zero-order chi connectivity index (χ0) is 19.6. The normalized spacial score (nSPS) is 10.6. The van der Waals surface area contributed by atoms with Crippen LogP contribution in [-0.2, 0) is 6.54 Å². The van der Waals surface area contributed by atoms with Crippen LogP contribution in [0.3, 0.4) is 0 Å². The molecule has 2 N–H and O–H groups in total. The number of benzene rings is 1. The Kier molecular flexibility index (Phi) is 5.73. The lowest BCUT2D eigenvalue weighted by atomic mass is 10.2. The maximum atomic E-state index is 12.6. The molecule has 10 heteroatoms. The molecule has 0 fully saturated rings. The van der Waals surface area contributed by atoms with Gasteiger partial charge in [-0.25, -0.2) is 4.98 Å². The molecule has 1 amide bonds. The van der Waals surface area contributed by atoms with E-state index in [0.717, 1.165) is 10.6 Å². The fourth-order valence-electron chi connectivity index (χ4n) is 2.47. The van der Waals surface area contributed by atoms with Gasteiger partial charge in [-0.2, -0.15) is 5.10 Å². The first-order valence-corrected chi connectivity index (χ1v) is 9.43. The summed E-state index contributed by atoms with van der Waals surface area (Å²) in [5, 5.41) is 10.7. The predicted molar refractivity (Wildman–Crippen MR) is 109 cm³/mol. The molecule has 2 aromatic heterocycles. The number of aromatic amines is 1. The summed E-state index contributed by atoms with van der Waals surface area (Å²) in [6.07, 6.45) is 1.74. The van der Waals surface area contributed by atoms with Gasteiger partial charge >= 0.3 is 0 Å². The number of aromatic nitrogens is 4. The Labute approximate surface area is 169 Å². The Morgan fingerprint density at radius 3 is 3.04 bits per heavy atom. The number of H-pyrrole nitrogens is 1. The summed E-state index contributed by atoms with van der Waals surface area (Å²) < 4.78 is 7.53. The van der Waals surface area contributed by atoms with Crippen molar-refractivity contribution in [1.29, 1.82) is 0 Å². The molecular formula is C17H16ClN5O2S2. The van der Waals surface area contributed by atoms with Gasteiger partial charge in [0.1, 0.15) is 5.75 Å². The van der Waals surface area contributed by atoms with Gasteiger partial charge in [0.25, 0.3) is 5.91 Å². The van der Waals surface area contributed by atoms with Crippen LogP contribution in [0.15, 0.2) is 30.9 Å². The number of hydrogen-bond donors (Lipinski definition) is 2. The molecule has 140 valence electrons. The molecule has 0 saturated heterocycles. The van der Waals surface area contributed by atoms with Crippen molar-refractivity contribution in [2.45, 2.75) is 13.5 Å². The number of carbonyl (C=O) groups is 1. The van der Waals surface area contributed by atoms with E-state index < -0.39 is 0 Å². The van der Waals surface area contributed by atoms with E-state index >= 15 is 0 Å². The number of rotatable bonds is 6. The number of thiazole rings is 1. The van der Waals surface area contributed by atoms with Crippen LogP contribution in [0.4, 0.5) is 5.13 Å². The Morgan fingerprint density at radius 1 is 1.56 bits per heavy atom. The number of hydrogen-bond acceptors (Lipinski definition) is 6. The van der Waals surface area contributed by atoms with Gasteiger partial charge in [0.05, 0.1) is 23.2 Å². The Bertz CT molecular complexity index is 1070. The van der Waals surface area contributed by atoms with Crippen LogP contribution in [0.2, 0.25) is 5.02 Å². The maximum Gasteiger partial charge on any atom is 0.261 e. The van der Waals surface area contributed by atoms with E-state index in [2.05, 4.69) is 27.1 Å². The van der Waals surface area contributed by atoms with Gasteiger partial charge in [0.15, 0.2) is 15.7 Å². The number of nitrogens with zero attached hydrogens (tertiary/aromatic N) is 3. The molecule has 0 atom stereocenters. The SMILES string of the molecule is C=CCn1c(-c2sc(NC(=O)c3cc(Cl)ccc3OC)nc2C)n[nH]c1=S. The van der Waals surface area contributed by atoms with E-state index in [1.807, 2.05) is 11.5 Å². The number of nitrogens with one attached hydrogen (secondary N) is 2. The van der Waals surface area contributed by atoms with E-state index in [9.17, 15) is 4.79 Å². The van der Waals surface area contributed by atoms with Crippen LogP contribution in [0.5, 0.6) is 5.75 Å². The van der Waals surface area contributed by atoms with Crippen LogP contribution in [0.1, 0.15) is 16.1 Å². The van der Waals surface area contributed by atoms with Crippen molar-refractivity contribution in [3.05, 3.63) is 51.9 Å². The third kappa shape index (κ3) is 3.95. The lowest BCUT2D eigenvalue weighted by molar-refractivity contribution is 0.102. The second-order valence-electron chi connectivity index (χ2n) is 5.48. The average molecular weight is 422 g/mol. The van der Waals surface area contributed by atoms with Crippen molar-refractivity contribution in [1.82, 2.24) is 19.7 Å². The van der Waals surface area contributed by atoms with Gasteiger partial charge < -0.3 is 4.74 Å². The minimum atomic E-state index is -0.361. The molecule has 0 aliphatic carbocycles. The van der Waals surface area contributed by atoms with Crippen molar-refractivity contribution in [3.63, 3.8) is 0 Å². The van der Waals surface area contributed by atoms with Crippen LogP contribution in [-0.4, -0.2) is 32.8 Å². The standard InChI is InChI=1S/C17H16ClN5O2S2/c1-4-7-23-14(21-22-17(23)26)13-9(2)19-16(27-13)20-15(24)11-8-10(18)5-6-12(11)25-3/h4-6,8H,1,7H2,2-3H3,(H,22,26)(H,19,20,24). The van der Waals surface area contributed by atoms with E-state index in [0.29, 0.717) is 38.6 Å². The highest BCUT2D eigenvalue weighted by Gasteiger charge is 2.19. The summed E-state index contributed by atoms with van der Waals surface area (Å²) in [6, 6.07) is 4.85. The third-order valence-electron chi connectivity index (χ3n) is 3.70. The van der Waals surface area contributed by atoms with Crippen LogP contribution < -0.4 is 10.1 Å². The molecule has 0 spiro atoms. The second kappa shape index (κ2) is 8.03. The summed E-state index contributed by atoms with van der Waals surface area (Å²) in [5.41, 5.74) is 1.06. The first-order chi connectivity index (χ1) is 12.9. The summed E-state index contributed by atoms with van der Waals surface area (Å²) in [7, 11) is 1.49. The number of ether oxygens (including phenoxy) is 1. The van der Waals surface area contributed by atoms with Gasteiger partial charge in [-0.1, -0.05) is 29.0 Å². The first kappa shape index (κ1) is 19.3. The number of amides is 1. The monoisotopic (exact) mass is 421 g/mol. The van der Waals surface area contributed by atoms with Crippen molar-refractivity contribution in [3.8, 4) is 16.5 Å². The van der Waals surface area contributed by atoms with Gasteiger partial charge in [-0.3, -0.25) is 19.8 Å². The minimum absolute atomic E-state index is 0.328. The van der Waals surface area contributed by atoms with Gasteiger partial charge in [0.2, 0.25) is 0 Å². The lowest BCUT2D eigenvalue weighted by Gasteiger charge is -2.08. The Morgan fingerprint density at radius 2 is 2.33 bits per heavy atom. The predicted octanol–water partition coefficient (Wildman–Crippen LogP) is 4.47. The average Bonchev–Trinajstić information content (AvgIpc) is 3.18. The molecule has 0 aliphatic rings. The number of allylic oxidation sites excluding steroid dienone is 1. The first-order valence-electron chi connectivity index (χ1n) is 7.83. The lowest BCUT2D eigenvalue weighted by Crippen LogP contribution is -2.13. The minimum Gasteiger partial charge on any atom is -0.496 e. The topological polar surface area (TPSA) is 84.8 Å². The largest absolute Gasteiger partial charge is 0.496 e. The van der Waals surface area contributed by atoms with Crippen LogP contribution in [0.25, 0.3) is 10.7 Å². The number of carbonyl (C=O) groups excluding carboxylic acids is 1. The highest BCUT2D eigenvalue weighted by Crippen LogP contribution is 2.32. The smallest absolute Gasteiger partial charge is 0.261 e. The molecule has 0 bridgehead atoms. The third-order valence-corrected chi connectivity index (χ3v) is 5.31. The molecule has 1 aromatic carbocycles. The number of halogens is 1. The zero-order valence-electron chi connectivity index (χ0n) is 14.6. The van der Waals surface area contributed by atoms with Crippen LogP contribution >= 0.6 is 35.2 Å². The number of aryl methyl sites for hydroxylation is 1. The van der Waals surface area contributed by atoms with Gasteiger partial charge in [-0.05, 0) is 37.3 Å². The van der Waals surface area contributed by atoms with Crippen molar-refractivity contribution in [2.75, 3.05) is 12.4 Å². The maximum absolute atomic E-state index is 12.6. The molecule has 3 rings (SSSR count). The molecule has 0 saturated carbocycles. The highest BCUT2D eigenvalue weighted by molar-refractivity contribution is 7.71. The van der Waals surface area contributed by atoms with Crippen molar-refractivity contribution < 1.29 is 9.53 Å². The van der Waals surface area contributed by atoms with Crippen molar-refractivity contribution >= 4 is 46.2 Å². The zero-order valence-corrected chi connectivity index (χ0v) is 17.0. The van der Waals surface area contributed by atoms with E-state index in [1.54, 1.807) is 24.3 Å². The van der Waals surface area contributed by atoms with Gasteiger partial charge in [0, 0.05) is 11.6 Å². The Balaban J connectivity index is 1.92.